The Labute approximate surface area is 154 Å². The van der Waals surface area contributed by atoms with E-state index in [1.165, 1.54) is 0 Å². The minimum atomic E-state index is -0.512. The van der Waals surface area contributed by atoms with E-state index >= 15 is 0 Å². The van der Waals surface area contributed by atoms with Gasteiger partial charge in [-0.05, 0) is 24.5 Å². The molecule has 0 aliphatic carbocycles. The summed E-state index contributed by atoms with van der Waals surface area (Å²) in [5.74, 6) is -0.394. The lowest BCUT2D eigenvalue weighted by Gasteiger charge is -2.37. The van der Waals surface area contributed by atoms with Crippen LogP contribution in [0.5, 0.6) is 0 Å². The minimum absolute atomic E-state index is 0.158. The zero-order valence-electron chi connectivity index (χ0n) is 15.5. The predicted molar refractivity (Wildman–Crippen MR) is 95.8 cm³/mol. The molecular weight excluding hydrogens is 334 g/mol. The fraction of sp³-hybridized carbons (Fsp3) is 0.632. The van der Waals surface area contributed by atoms with Crippen molar-refractivity contribution < 1.29 is 19.1 Å². The second-order valence-corrected chi connectivity index (χ2v) is 7.25. The third-order valence-electron chi connectivity index (χ3n) is 4.83. The molecule has 7 nitrogen and oxygen atoms in total. The lowest BCUT2D eigenvalue weighted by molar-refractivity contribution is -0.181. The van der Waals surface area contributed by atoms with Gasteiger partial charge in [-0.1, -0.05) is 19.9 Å². The number of carbonyl (C=O) groups excluding carboxylic acids is 2. The maximum atomic E-state index is 12.7. The Morgan fingerprint density at radius 3 is 2.50 bits per heavy atom. The summed E-state index contributed by atoms with van der Waals surface area (Å²) in [7, 11) is 0. The largest absolute Gasteiger partial charge is 0.351 e. The summed E-state index contributed by atoms with van der Waals surface area (Å²) in [4.78, 5) is 31.0. The molecule has 2 fully saturated rings. The lowest BCUT2D eigenvalue weighted by Crippen LogP contribution is -2.47. The van der Waals surface area contributed by atoms with Gasteiger partial charge in [0.2, 0.25) is 0 Å². The van der Waals surface area contributed by atoms with E-state index in [0.717, 1.165) is 6.42 Å². The predicted octanol–water partition coefficient (Wildman–Crippen LogP) is 1.84. The molecular formula is C19H27N3O4. The Morgan fingerprint density at radius 1 is 1.19 bits per heavy atom. The molecule has 0 saturated carbocycles. The first kappa shape index (κ1) is 18.8. The van der Waals surface area contributed by atoms with Crippen molar-refractivity contribution in [2.24, 2.45) is 5.92 Å². The molecule has 0 atom stereocenters. The molecule has 142 valence electrons. The number of aromatic nitrogens is 1. The molecule has 1 aromatic heterocycles. The van der Waals surface area contributed by atoms with E-state index in [1.807, 2.05) is 0 Å². The van der Waals surface area contributed by atoms with Crippen LogP contribution in [0.4, 0.5) is 0 Å². The van der Waals surface area contributed by atoms with Crippen molar-refractivity contribution in [1.29, 1.82) is 0 Å². The molecule has 1 N–H and O–H groups in total. The molecule has 2 amide bonds. The number of piperidine rings is 1. The van der Waals surface area contributed by atoms with Crippen molar-refractivity contribution in [1.82, 2.24) is 15.2 Å². The van der Waals surface area contributed by atoms with Gasteiger partial charge >= 0.3 is 0 Å². The second-order valence-electron chi connectivity index (χ2n) is 7.25. The van der Waals surface area contributed by atoms with Gasteiger partial charge in [-0.2, -0.15) is 0 Å². The average molecular weight is 361 g/mol. The van der Waals surface area contributed by atoms with Gasteiger partial charge in [-0.3, -0.25) is 9.59 Å². The van der Waals surface area contributed by atoms with E-state index in [4.69, 9.17) is 9.47 Å². The van der Waals surface area contributed by atoms with Crippen LogP contribution in [0.1, 0.15) is 54.1 Å². The van der Waals surface area contributed by atoms with Crippen LogP contribution in [-0.2, 0) is 9.47 Å². The van der Waals surface area contributed by atoms with Gasteiger partial charge in [0.25, 0.3) is 11.8 Å². The maximum Gasteiger partial charge on any atom is 0.272 e. The lowest BCUT2D eigenvalue weighted by atomic mass is 10.0. The van der Waals surface area contributed by atoms with Gasteiger partial charge < -0.3 is 19.7 Å². The standard InChI is InChI=1S/C19H27N3O4/c1-14(2)6-9-20-17(23)15-4-3-5-16(21-15)18(24)22-10-7-19(8-11-22)25-12-13-26-19/h3-5,14H,6-13H2,1-2H3,(H,20,23). The Bertz CT molecular complexity index is 646. The van der Waals surface area contributed by atoms with Crippen molar-refractivity contribution in [2.75, 3.05) is 32.8 Å². The first-order valence-corrected chi connectivity index (χ1v) is 9.31. The molecule has 0 aromatic carbocycles. The van der Waals surface area contributed by atoms with Gasteiger partial charge in [-0.25, -0.2) is 4.98 Å². The van der Waals surface area contributed by atoms with Crippen molar-refractivity contribution in [2.45, 2.75) is 38.9 Å². The molecule has 1 spiro atoms. The van der Waals surface area contributed by atoms with E-state index in [-0.39, 0.29) is 17.5 Å². The summed E-state index contributed by atoms with van der Waals surface area (Å²) >= 11 is 0. The summed E-state index contributed by atoms with van der Waals surface area (Å²) in [6.45, 7) is 7.16. The molecule has 2 saturated heterocycles. The Morgan fingerprint density at radius 2 is 1.85 bits per heavy atom. The molecule has 2 aliphatic heterocycles. The smallest absolute Gasteiger partial charge is 0.272 e. The van der Waals surface area contributed by atoms with Crippen LogP contribution in [0.2, 0.25) is 0 Å². The highest BCUT2D eigenvalue weighted by molar-refractivity contribution is 5.96. The average Bonchev–Trinajstić information content (AvgIpc) is 3.09. The molecule has 0 bridgehead atoms. The van der Waals surface area contributed by atoms with Crippen molar-refractivity contribution in [3.63, 3.8) is 0 Å². The first-order valence-electron chi connectivity index (χ1n) is 9.31. The topological polar surface area (TPSA) is 80.8 Å². The molecule has 0 radical (unpaired) electrons. The number of pyridine rings is 1. The van der Waals surface area contributed by atoms with Crippen LogP contribution in [0.15, 0.2) is 18.2 Å². The number of hydrogen-bond donors (Lipinski definition) is 1. The number of hydrogen-bond acceptors (Lipinski definition) is 5. The summed E-state index contributed by atoms with van der Waals surface area (Å²) in [6, 6.07) is 4.99. The monoisotopic (exact) mass is 361 g/mol. The maximum absolute atomic E-state index is 12.7. The number of carbonyl (C=O) groups is 2. The van der Waals surface area contributed by atoms with E-state index in [1.54, 1.807) is 23.1 Å². The Balaban J connectivity index is 1.59. The van der Waals surface area contributed by atoms with Gasteiger partial charge in [0.1, 0.15) is 11.4 Å². The second kappa shape index (κ2) is 8.14. The van der Waals surface area contributed by atoms with Gasteiger partial charge in [0.15, 0.2) is 5.79 Å². The van der Waals surface area contributed by atoms with Crippen LogP contribution in [0, 0.1) is 5.92 Å². The number of likely N-dealkylation sites (tertiary alicyclic amines) is 1. The fourth-order valence-corrected chi connectivity index (χ4v) is 3.24. The van der Waals surface area contributed by atoms with Crippen LogP contribution >= 0.6 is 0 Å². The van der Waals surface area contributed by atoms with Gasteiger partial charge in [0, 0.05) is 32.5 Å². The number of ether oxygens (including phenoxy) is 2. The van der Waals surface area contributed by atoms with Crippen LogP contribution < -0.4 is 5.32 Å². The molecule has 26 heavy (non-hydrogen) atoms. The number of nitrogens with zero attached hydrogens (tertiary/aromatic N) is 2. The van der Waals surface area contributed by atoms with Crippen molar-refractivity contribution in [3.05, 3.63) is 29.6 Å². The molecule has 1 aromatic rings. The van der Waals surface area contributed by atoms with E-state index in [9.17, 15) is 9.59 Å². The molecule has 2 aliphatic rings. The highest BCUT2D eigenvalue weighted by atomic mass is 16.7. The third-order valence-corrected chi connectivity index (χ3v) is 4.83. The van der Waals surface area contributed by atoms with Crippen LogP contribution in [0.25, 0.3) is 0 Å². The summed E-state index contributed by atoms with van der Waals surface area (Å²) in [6.07, 6.45) is 2.23. The molecule has 7 heteroatoms. The highest BCUT2D eigenvalue weighted by Gasteiger charge is 2.41. The zero-order chi connectivity index (χ0) is 18.6. The molecule has 3 rings (SSSR count). The van der Waals surface area contributed by atoms with Crippen molar-refractivity contribution >= 4 is 11.8 Å². The Kier molecular flexibility index (Phi) is 5.88. The SMILES string of the molecule is CC(C)CCNC(=O)c1cccc(C(=O)N2CCC3(CC2)OCCO3)n1. The molecule has 0 unspecified atom stereocenters. The highest BCUT2D eigenvalue weighted by Crippen LogP contribution is 2.31. The van der Waals surface area contributed by atoms with E-state index < -0.39 is 5.79 Å². The number of nitrogens with one attached hydrogen (secondary N) is 1. The quantitative estimate of drug-likeness (QED) is 0.865. The first-order chi connectivity index (χ1) is 12.5. The third kappa shape index (κ3) is 4.40. The normalized spacial score (nSPS) is 19.1. The summed E-state index contributed by atoms with van der Waals surface area (Å²) in [5, 5.41) is 2.85. The van der Waals surface area contributed by atoms with E-state index in [0.29, 0.717) is 57.3 Å². The Hall–Kier alpha value is -1.99. The number of rotatable bonds is 5. The fourth-order valence-electron chi connectivity index (χ4n) is 3.24. The summed E-state index contributed by atoms with van der Waals surface area (Å²) < 4.78 is 11.4. The van der Waals surface area contributed by atoms with Gasteiger partial charge in [-0.15, -0.1) is 0 Å². The van der Waals surface area contributed by atoms with Crippen molar-refractivity contribution in [3.8, 4) is 0 Å². The van der Waals surface area contributed by atoms with Crippen LogP contribution in [0.3, 0.4) is 0 Å². The molecule has 3 heterocycles. The summed E-state index contributed by atoms with van der Waals surface area (Å²) in [5.41, 5.74) is 0.571. The van der Waals surface area contributed by atoms with Crippen LogP contribution in [-0.4, -0.2) is 60.3 Å². The van der Waals surface area contributed by atoms with E-state index in [2.05, 4.69) is 24.1 Å². The minimum Gasteiger partial charge on any atom is -0.351 e. The zero-order valence-corrected chi connectivity index (χ0v) is 15.5. The number of amides is 2. The van der Waals surface area contributed by atoms with Gasteiger partial charge in [0.05, 0.1) is 13.2 Å².